The number of rotatable bonds is 5. The molecule has 0 spiro atoms. The molecule has 3 heterocycles. The fourth-order valence-corrected chi connectivity index (χ4v) is 5.38. The Hall–Kier alpha value is -4.38. The third kappa shape index (κ3) is 7.20. The smallest absolute Gasteiger partial charge is 0.399 e. The zero-order valence-corrected chi connectivity index (χ0v) is 28.4. The lowest BCUT2D eigenvalue weighted by Gasteiger charge is -2.32. The van der Waals surface area contributed by atoms with Crippen molar-refractivity contribution in [3.63, 3.8) is 0 Å². The molecule has 0 bridgehead atoms. The quantitative estimate of drug-likeness (QED) is 0.176. The summed E-state index contributed by atoms with van der Waals surface area (Å²) in [5.41, 5.74) is 6.43. The van der Waals surface area contributed by atoms with Gasteiger partial charge in [-0.15, -0.1) is 0 Å². The van der Waals surface area contributed by atoms with Crippen LogP contribution in [0.3, 0.4) is 0 Å². The summed E-state index contributed by atoms with van der Waals surface area (Å²) in [6.07, 6.45) is 3.65. The first-order valence-electron chi connectivity index (χ1n) is 15.2. The number of anilines is 4. The molecule has 10 heteroatoms. The monoisotopic (exact) mass is 674 g/mol. The van der Waals surface area contributed by atoms with Gasteiger partial charge < -0.3 is 19.9 Å². The molecule has 0 amide bonds. The van der Waals surface area contributed by atoms with E-state index in [0.29, 0.717) is 11.9 Å². The van der Waals surface area contributed by atoms with Gasteiger partial charge in [-0.05, 0) is 107 Å². The van der Waals surface area contributed by atoms with Gasteiger partial charge in [-0.25, -0.2) is 19.9 Å². The van der Waals surface area contributed by atoms with Crippen molar-refractivity contribution in [2.75, 3.05) is 10.6 Å². The molecule has 0 aliphatic carbocycles. The second-order valence-corrected chi connectivity index (χ2v) is 13.4. The zero-order valence-electron chi connectivity index (χ0n) is 26.8. The van der Waals surface area contributed by atoms with E-state index in [9.17, 15) is 0 Å². The third-order valence-corrected chi connectivity index (χ3v) is 8.71. The number of nitrogens with one attached hydrogen (secondary N) is 2. The molecule has 7 rings (SSSR count). The maximum absolute atomic E-state index is 6.14. The van der Waals surface area contributed by atoms with Gasteiger partial charge in [0.1, 0.15) is 0 Å². The lowest BCUT2D eigenvalue weighted by Crippen LogP contribution is -2.41. The van der Waals surface area contributed by atoms with Gasteiger partial charge >= 0.3 is 7.12 Å². The van der Waals surface area contributed by atoms with E-state index in [1.807, 2.05) is 73.1 Å². The van der Waals surface area contributed by atoms with Crippen molar-refractivity contribution in [3.05, 3.63) is 113 Å². The highest BCUT2D eigenvalue weighted by Crippen LogP contribution is 2.36. The van der Waals surface area contributed by atoms with Crippen LogP contribution in [0.15, 0.2) is 102 Å². The minimum absolute atomic E-state index is 0.356. The van der Waals surface area contributed by atoms with E-state index in [-0.39, 0.29) is 18.3 Å². The van der Waals surface area contributed by atoms with Crippen LogP contribution in [-0.4, -0.2) is 38.3 Å². The Morgan fingerprint density at radius 2 is 1.13 bits per heavy atom. The molecular formula is C36H36BBrN6O2. The predicted molar refractivity (Wildman–Crippen MR) is 191 cm³/mol. The van der Waals surface area contributed by atoms with E-state index >= 15 is 0 Å². The second-order valence-electron chi connectivity index (χ2n) is 12.5. The van der Waals surface area contributed by atoms with Gasteiger partial charge in [0.25, 0.3) is 0 Å². The van der Waals surface area contributed by atoms with Gasteiger partial charge in [0.05, 0.1) is 22.2 Å². The molecule has 1 aliphatic heterocycles. The Morgan fingerprint density at radius 1 is 0.630 bits per heavy atom. The average molecular weight is 675 g/mol. The van der Waals surface area contributed by atoms with Crippen LogP contribution in [0.2, 0.25) is 0 Å². The van der Waals surface area contributed by atoms with E-state index in [2.05, 4.69) is 112 Å². The largest absolute Gasteiger partial charge is 0.494 e. The number of halogens is 1. The first kappa shape index (κ1) is 31.6. The Kier molecular flexibility index (Phi) is 8.79. The van der Waals surface area contributed by atoms with Crippen molar-refractivity contribution in [2.24, 2.45) is 0 Å². The van der Waals surface area contributed by atoms with Crippen molar-refractivity contribution < 1.29 is 9.31 Å². The maximum Gasteiger partial charge on any atom is 0.494 e. The maximum atomic E-state index is 6.14. The summed E-state index contributed by atoms with van der Waals surface area (Å²) >= 11 is 3.44. The van der Waals surface area contributed by atoms with Crippen LogP contribution in [0.1, 0.15) is 38.8 Å². The lowest BCUT2D eigenvalue weighted by atomic mass is 9.78. The van der Waals surface area contributed by atoms with Crippen molar-refractivity contribution in [3.8, 4) is 0 Å². The van der Waals surface area contributed by atoms with Crippen molar-refractivity contribution in [1.29, 1.82) is 0 Å². The molecule has 232 valence electrons. The first-order chi connectivity index (χ1) is 21.9. The Labute approximate surface area is 278 Å². The fourth-order valence-electron chi connectivity index (χ4n) is 5.01. The molecular weight excluding hydrogens is 639 g/mol. The Bertz CT molecular complexity index is 2020. The van der Waals surface area contributed by atoms with Crippen LogP contribution >= 0.6 is 15.9 Å². The molecule has 0 atom stereocenters. The summed E-state index contributed by atoms with van der Waals surface area (Å²) in [7, 11) is -0.385. The minimum Gasteiger partial charge on any atom is -0.399 e. The van der Waals surface area contributed by atoms with Gasteiger partial charge in [-0.3, -0.25) is 0 Å². The lowest BCUT2D eigenvalue weighted by molar-refractivity contribution is 0.00578. The van der Waals surface area contributed by atoms with Crippen LogP contribution in [0.25, 0.3) is 21.8 Å². The summed E-state index contributed by atoms with van der Waals surface area (Å²) < 4.78 is 13.3. The van der Waals surface area contributed by atoms with Gasteiger partial charge in [-0.2, -0.15) is 0 Å². The van der Waals surface area contributed by atoms with Crippen LogP contribution in [0.4, 0.5) is 23.3 Å². The standard InChI is InChI=1S/C21H24BN3O2.C15H12BrN3/c1-14-7-6-8-17(11-14)24-19-23-13-15-12-16(9-10-18(15)25-19)22-26-20(2,3)21(4,5)27-22;1-10-3-2-4-13(7-10)18-15-17-9-11-8-12(16)5-6-14(11)19-15/h6-13H,1-5H3,(H,23,24,25);2-9H,1H3,(H,17,18,19). The minimum atomic E-state index is -0.385. The summed E-state index contributed by atoms with van der Waals surface area (Å²) in [4.78, 5) is 17.9. The molecule has 2 N–H and O–H groups in total. The number of fused-ring (bicyclic) bond motifs is 2. The second kappa shape index (κ2) is 12.8. The normalized spacial score (nSPS) is 15.0. The summed E-state index contributed by atoms with van der Waals surface area (Å²) in [5, 5.41) is 8.45. The Balaban J connectivity index is 0.000000172. The van der Waals surface area contributed by atoms with Crippen molar-refractivity contribution in [1.82, 2.24) is 19.9 Å². The number of hydrogen-bond donors (Lipinski definition) is 2. The topological polar surface area (TPSA) is 94.1 Å². The fraction of sp³-hybridized carbons (Fsp3) is 0.222. The molecule has 2 aromatic heterocycles. The molecule has 46 heavy (non-hydrogen) atoms. The number of aryl methyl sites for hydroxylation is 2. The van der Waals surface area contributed by atoms with E-state index in [4.69, 9.17) is 9.31 Å². The average Bonchev–Trinajstić information content (AvgIpc) is 3.23. The first-order valence-corrected chi connectivity index (χ1v) is 16.0. The Morgan fingerprint density at radius 3 is 1.65 bits per heavy atom. The molecule has 0 saturated carbocycles. The molecule has 8 nitrogen and oxygen atoms in total. The van der Waals surface area contributed by atoms with Crippen LogP contribution < -0.4 is 16.1 Å². The van der Waals surface area contributed by atoms with Crippen LogP contribution in [0.5, 0.6) is 0 Å². The van der Waals surface area contributed by atoms with Crippen molar-refractivity contribution >= 4 is 73.6 Å². The van der Waals surface area contributed by atoms with E-state index in [0.717, 1.165) is 43.1 Å². The molecule has 0 unspecified atom stereocenters. The molecule has 1 aliphatic rings. The van der Waals surface area contributed by atoms with Gasteiger partial charge in [0.2, 0.25) is 11.9 Å². The summed E-state index contributed by atoms with van der Waals surface area (Å²) in [6, 6.07) is 28.3. The molecule has 4 aromatic carbocycles. The predicted octanol–water partition coefficient (Wildman–Crippen LogP) is 8.43. The number of hydrogen-bond acceptors (Lipinski definition) is 8. The summed E-state index contributed by atoms with van der Waals surface area (Å²) in [5.74, 6) is 1.19. The summed E-state index contributed by atoms with van der Waals surface area (Å²) in [6.45, 7) is 12.3. The molecule has 1 saturated heterocycles. The number of aromatic nitrogens is 4. The van der Waals surface area contributed by atoms with Crippen LogP contribution in [0, 0.1) is 13.8 Å². The van der Waals surface area contributed by atoms with E-state index < -0.39 is 0 Å². The molecule has 0 radical (unpaired) electrons. The molecule has 6 aromatic rings. The van der Waals surface area contributed by atoms with E-state index in [1.165, 1.54) is 11.1 Å². The SMILES string of the molecule is Cc1cccc(Nc2ncc3cc(B4OC(C)(C)C(C)(C)O4)ccc3n2)c1.Cc1cccc(Nc2ncc3cc(Br)ccc3n2)c1. The van der Waals surface area contributed by atoms with Crippen molar-refractivity contribution in [2.45, 2.75) is 52.7 Å². The van der Waals surface area contributed by atoms with Gasteiger partial charge in [-0.1, -0.05) is 52.3 Å². The van der Waals surface area contributed by atoms with Crippen LogP contribution in [-0.2, 0) is 9.31 Å². The number of benzene rings is 4. The highest BCUT2D eigenvalue weighted by Gasteiger charge is 2.51. The van der Waals surface area contributed by atoms with Gasteiger partial charge in [0, 0.05) is 39.0 Å². The van der Waals surface area contributed by atoms with E-state index in [1.54, 1.807) is 0 Å². The molecule has 1 fully saturated rings. The highest BCUT2D eigenvalue weighted by molar-refractivity contribution is 9.10. The zero-order chi connectivity index (χ0) is 32.5. The third-order valence-electron chi connectivity index (χ3n) is 8.22. The van der Waals surface area contributed by atoms with Gasteiger partial charge in [0.15, 0.2) is 0 Å². The number of nitrogens with zero attached hydrogens (tertiary/aromatic N) is 4. The highest BCUT2D eigenvalue weighted by atomic mass is 79.9.